The highest BCUT2D eigenvalue weighted by atomic mass is 19.4. The molecule has 2 aliphatic rings. The molecule has 1 heterocycles. The first-order valence-electron chi connectivity index (χ1n) is 8.21. The number of rotatable bonds is 3. The molecule has 1 aliphatic carbocycles. The van der Waals surface area contributed by atoms with Crippen molar-refractivity contribution in [2.75, 3.05) is 39.8 Å². The number of halogens is 3. The van der Waals surface area contributed by atoms with Crippen LogP contribution in [0.4, 0.5) is 18.0 Å². The number of nitrogens with zero attached hydrogens (tertiary/aromatic N) is 2. The zero-order valence-electron chi connectivity index (χ0n) is 13.8. The summed E-state index contributed by atoms with van der Waals surface area (Å²) in [6.45, 7) is 2.16. The summed E-state index contributed by atoms with van der Waals surface area (Å²) in [6, 6.07) is -0.408. The topological polar surface area (TPSA) is 61.9 Å². The van der Waals surface area contributed by atoms with Crippen LogP contribution in [-0.2, 0) is 9.53 Å². The van der Waals surface area contributed by atoms with Gasteiger partial charge >= 0.3 is 12.3 Å². The Hall–Kier alpha value is -1.51. The van der Waals surface area contributed by atoms with Crippen LogP contribution in [0.5, 0.6) is 0 Å². The summed E-state index contributed by atoms with van der Waals surface area (Å²) < 4.78 is 43.0. The molecule has 2 fully saturated rings. The van der Waals surface area contributed by atoms with Gasteiger partial charge in [0, 0.05) is 32.2 Å². The van der Waals surface area contributed by atoms with E-state index in [2.05, 4.69) is 10.1 Å². The molecular formula is C15H24F3N3O3. The number of hydrogen-bond donors (Lipinski definition) is 1. The second-order valence-electron chi connectivity index (χ2n) is 6.40. The van der Waals surface area contributed by atoms with Crippen molar-refractivity contribution in [3.05, 3.63) is 0 Å². The molecular weight excluding hydrogens is 327 g/mol. The molecule has 0 aromatic carbocycles. The Bertz CT molecular complexity index is 451. The van der Waals surface area contributed by atoms with Crippen LogP contribution in [0.15, 0.2) is 0 Å². The molecule has 0 spiro atoms. The smallest absolute Gasteiger partial charge is 0.409 e. The molecule has 2 amide bonds. The van der Waals surface area contributed by atoms with Crippen LogP contribution < -0.4 is 5.32 Å². The second kappa shape index (κ2) is 8.04. The molecule has 0 aromatic rings. The third-order valence-corrected chi connectivity index (χ3v) is 4.67. The van der Waals surface area contributed by atoms with Crippen molar-refractivity contribution in [3.63, 3.8) is 0 Å². The summed E-state index contributed by atoms with van der Waals surface area (Å²) in [5.74, 6) is -1.57. The van der Waals surface area contributed by atoms with E-state index < -0.39 is 18.1 Å². The summed E-state index contributed by atoms with van der Waals surface area (Å²) in [7, 11) is 1.32. The highest BCUT2D eigenvalue weighted by Crippen LogP contribution is 2.37. The Morgan fingerprint density at radius 3 is 2.42 bits per heavy atom. The van der Waals surface area contributed by atoms with Gasteiger partial charge in [-0.3, -0.25) is 9.69 Å². The highest BCUT2D eigenvalue weighted by molar-refractivity contribution is 5.78. The lowest BCUT2D eigenvalue weighted by atomic mass is 9.85. The van der Waals surface area contributed by atoms with Gasteiger partial charge in [-0.1, -0.05) is 6.42 Å². The molecule has 24 heavy (non-hydrogen) atoms. The Kier molecular flexibility index (Phi) is 6.31. The third-order valence-electron chi connectivity index (χ3n) is 4.67. The molecule has 1 saturated carbocycles. The minimum Gasteiger partial charge on any atom is -0.453 e. The fourth-order valence-corrected chi connectivity index (χ4v) is 3.31. The molecule has 2 atom stereocenters. The van der Waals surface area contributed by atoms with E-state index in [0.29, 0.717) is 39.0 Å². The number of alkyl halides is 3. The Morgan fingerprint density at radius 2 is 1.83 bits per heavy atom. The number of methoxy groups -OCH3 is 1. The lowest BCUT2D eigenvalue weighted by molar-refractivity contribution is -0.184. The Labute approximate surface area is 139 Å². The fraction of sp³-hybridized carbons (Fsp3) is 0.867. The van der Waals surface area contributed by atoms with Gasteiger partial charge in [-0.15, -0.1) is 0 Å². The van der Waals surface area contributed by atoms with E-state index in [1.54, 1.807) is 4.90 Å². The zero-order valence-corrected chi connectivity index (χ0v) is 13.8. The summed E-state index contributed by atoms with van der Waals surface area (Å²) in [5.41, 5.74) is 0. The van der Waals surface area contributed by atoms with Crippen molar-refractivity contribution >= 4 is 12.0 Å². The van der Waals surface area contributed by atoms with Crippen molar-refractivity contribution in [2.45, 2.75) is 37.9 Å². The molecule has 138 valence electrons. The van der Waals surface area contributed by atoms with E-state index in [1.807, 2.05) is 4.90 Å². The maximum atomic E-state index is 12.8. The molecule has 1 saturated heterocycles. The molecule has 1 aliphatic heterocycles. The normalized spacial score (nSPS) is 26.1. The number of ether oxygens (including phenoxy) is 1. The standard InChI is InChI=1S/C15H24F3N3O3/c1-24-14(23)21-7-5-20(6-8-21)10-13(22)19-12-4-2-3-11(9-12)15(16,17)18/h11-12H,2-10H2,1H3,(H,19,22). The molecule has 0 aromatic heterocycles. The molecule has 6 nitrogen and oxygen atoms in total. The van der Waals surface area contributed by atoms with E-state index in [-0.39, 0.29) is 31.4 Å². The zero-order chi connectivity index (χ0) is 17.7. The van der Waals surface area contributed by atoms with E-state index in [9.17, 15) is 22.8 Å². The first-order valence-corrected chi connectivity index (χ1v) is 8.21. The van der Waals surface area contributed by atoms with Crippen molar-refractivity contribution in [1.29, 1.82) is 0 Å². The number of amides is 2. The summed E-state index contributed by atoms with van der Waals surface area (Å²) >= 11 is 0. The number of nitrogens with one attached hydrogen (secondary N) is 1. The SMILES string of the molecule is COC(=O)N1CCN(CC(=O)NC2CCCC(C(F)(F)F)C2)CC1. The van der Waals surface area contributed by atoms with Crippen LogP contribution >= 0.6 is 0 Å². The monoisotopic (exact) mass is 351 g/mol. The molecule has 2 rings (SSSR count). The van der Waals surface area contributed by atoms with Crippen molar-refractivity contribution < 1.29 is 27.5 Å². The van der Waals surface area contributed by atoms with E-state index in [1.165, 1.54) is 7.11 Å². The van der Waals surface area contributed by atoms with Crippen LogP contribution in [0.25, 0.3) is 0 Å². The maximum Gasteiger partial charge on any atom is 0.409 e. The van der Waals surface area contributed by atoms with Gasteiger partial charge in [-0.25, -0.2) is 4.79 Å². The summed E-state index contributed by atoms with van der Waals surface area (Å²) in [6.07, 6.45) is -3.40. The second-order valence-corrected chi connectivity index (χ2v) is 6.40. The van der Waals surface area contributed by atoms with Gasteiger partial charge in [0.1, 0.15) is 0 Å². The summed E-state index contributed by atoms with van der Waals surface area (Å²) in [4.78, 5) is 26.9. The van der Waals surface area contributed by atoms with Gasteiger partial charge in [0.2, 0.25) is 5.91 Å². The summed E-state index contributed by atoms with van der Waals surface area (Å²) in [5, 5.41) is 2.73. The van der Waals surface area contributed by atoms with Gasteiger partial charge < -0.3 is 15.0 Å². The van der Waals surface area contributed by atoms with Gasteiger partial charge in [0.25, 0.3) is 0 Å². The van der Waals surface area contributed by atoms with Crippen LogP contribution in [0.3, 0.4) is 0 Å². The molecule has 9 heteroatoms. The van der Waals surface area contributed by atoms with Gasteiger partial charge in [-0.05, 0) is 19.3 Å². The van der Waals surface area contributed by atoms with Crippen molar-refractivity contribution in [3.8, 4) is 0 Å². The van der Waals surface area contributed by atoms with E-state index in [4.69, 9.17) is 0 Å². The van der Waals surface area contributed by atoms with Crippen LogP contribution in [0.1, 0.15) is 25.7 Å². The number of carbonyl (C=O) groups is 2. The number of carbonyl (C=O) groups excluding carboxylic acids is 2. The molecule has 1 N–H and O–H groups in total. The molecule has 0 bridgehead atoms. The lowest BCUT2D eigenvalue weighted by Gasteiger charge is -2.34. The lowest BCUT2D eigenvalue weighted by Crippen LogP contribution is -2.52. The first kappa shape index (κ1) is 18.8. The van der Waals surface area contributed by atoms with Crippen molar-refractivity contribution in [2.24, 2.45) is 5.92 Å². The largest absolute Gasteiger partial charge is 0.453 e. The van der Waals surface area contributed by atoms with E-state index >= 15 is 0 Å². The fourth-order valence-electron chi connectivity index (χ4n) is 3.31. The van der Waals surface area contributed by atoms with Crippen molar-refractivity contribution in [1.82, 2.24) is 15.1 Å². The Balaban J connectivity index is 1.73. The average molecular weight is 351 g/mol. The molecule has 2 unspecified atom stereocenters. The van der Waals surface area contributed by atoms with Crippen LogP contribution in [0, 0.1) is 5.92 Å². The van der Waals surface area contributed by atoms with Gasteiger partial charge in [-0.2, -0.15) is 13.2 Å². The number of piperazine rings is 1. The van der Waals surface area contributed by atoms with Crippen LogP contribution in [-0.4, -0.2) is 73.9 Å². The Morgan fingerprint density at radius 1 is 1.17 bits per heavy atom. The minimum absolute atomic E-state index is 0.0364. The molecule has 0 radical (unpaired) electrons. The maximum absolute atomic E-state index is 12.8. The van der Waals surface area contributed by atoms with Gasteiger partial charge in [0.05, 0.1) is 19.6 Å². The third kappa shape index (κ3) is 5.25. The highest BCUT2D eigenvalue weighted by Gasteiger charge is 2.42. The quantitative estimate of drug-likeness (QED) is 0.839. The van der Waals surface area contributed by atoms with Crippen LogP contribution in [0.2, 0.25) is 0 Å². The van der Waals surface area contributed by atoms with E-state index in [0.717, 1.165) is 0 Å². The predicted octanol–water partition coefficient (Wildman–Crippen LogP) is 1.61. The number of hydrogen-bond acceptors (Lipinski definition) is 4. The van der Waals surface area contributed by atoms with Gasteiger partial charge in [0.15, 0.2) is 0 Å². The predicted molar refractivity (Wildman–Crippen MR) is 80.4 cm³/mol. The first-order chi connectivity index (χ1) is 11.3. The minimum atomic E-state index is -4.19. The average Bonchev–Trinajstić information content (AvgIpc) is 2.54.